The highest BCUT2D eigenvalue weighted by molar-refractivity contribution is 5.92. The van der Waals surface area contributed by atoms with Gasteiger partial charge in [-0.1, -0.05) is 35.0 Å². The molecule has 1 aromatic carbocycles. The van der Waals surface area contributed by atoms with Gasteiger partial charge in [-0.15, -0.1) is 0 Å². The van der Waals surface area contributed by atoms with E-state index in [4.69, 9.17) is 9.63 Å². The van der Waals surface area contributed by atoms with Crippen molar-refractivity contribution in [2.45, 2.75) is 26.4 Å². The van der Waals surface area contributed by atoms with Crippen LogP contribution in [0.25, 0.3) is 11.3 Å². The quantitative estimate of drug-likeness (QED) is 0.876. The maximum absolute atomic E-state index is 11.8. The summed E-state index contributed by atoms with van der Waals surface area (Å²) in [5, 5.41) is 15.7. The van der Waals surface area contributed by atoms with Crippen molar-refractivity contribution >= 4 is 5.91 Å². The second kappa shape index (κ2) is 6.34. The summed E-state index contributed by atoms with van der Waals surface area (Å²) in [7, 11) is 0. The number of carbonyl (C=O) groups is 1. The van der Waals surface area contributed by atoms with E-state index in [0.29, 0.717) is 18.7 Å². The van der Waals surface area contributed by atoms with E-state index in [1.807, 2.05) is 31.2 Å². The second-order valence-electron chi connectivity index (χ2n) is 4.84. The Morgan fingerprint density at radius 3 is 2.75 bits per heavy atom. The Bertz CT molecular complexity index is 573. The van der Waals surface area contributed by atoms with Crippen molar-refractivity contribution in [1.82, 2.24) is 10.5 Å². The topological polar surface area (TPSA) is 75.4 Å². The molecule has 0 fully saturated rings. The van der Waals surface area contributed by atoms with Crippen molar-refractivity contribution in [3.05, 3.63) is 41.7 Å². The van der Waals surface area contributed by atoms with E-state index in [0.717, 1.165) is 11.1 Å². The zero-order valence-electron chi connectivity index (χ0n) is 11.6. The first-order valence-corrected chi connectivity index (χ1v) is 6.56. The van der Waals surface area contributed by atoms with Crippen LogP contribution in [0.1, 0.15) is 29.5 Å². The number of hydrogen-bond acceptors (Lipinski definition) is 4. The van der Waals surface area contributed by atoms with E-state index >= 15 is 0 Å². The minimum Gasteiger partial charge on any atom is -0.393 e. The molecule has 0 aliphatic rings. The van der Waals surface area contributed by atoms with Crippen molar-refractivity contribution in [1.29, 1.82) is 0 Å². The molecule has 2 aromatic rings. The van der Waals surface area contributed by atoms with Gasteiger partial charge in [0.2, 0.25) is 5.76 Å². The Morgan fingerprint density at radius 2 is 2.10 bits per heavy atom. The molecule has 1 heterocycles. The number of benzene rings is 1. The Kier molecular flexibility index (Phi) is 4.53. The van der Waals surface area contributed by atoms with E-state index in [-0.39, 0.29) is 11.7 Å². The van der Waals surface area contributed by atoms with Crippen LogP contribution in [-0.4, -0.2) is 28.8 Å². The van der Waals surface area contributed by atoms with Crippen molar-refractivity contribution < 1.29 is 14.4 Å². The molecule has 5 heteroatoms. The summed E-state index contributed by atoms with van der Waals surface area (Å²) in [5.74, 6) is -0.150. The van der Waals surface area contributed by atoms with Gasteiger partial charge in [0.1, 0.15) is 5.69 Å². The molecule has 0 aliphatic heterocycles. The summed E-state index contributed by atoms with van der Waals surface area (Å²) in [6.07, 6.45) is 0.0678. The van der Waals surface area contributed by atoms with Crippen molar-refractivity contribution in [3.8, 4) is 11.3 Å². The molecule has 0 saturated carbocycles. The first-order valence-electron chi connectivity index (χ1n) is 6.56. The summed E-state index contributed by atoms with van der Waals surface area (Å²) < 4.78 is 5.04. The number of nitrogens with one attached hydrogen (secondary N) is 1. The summed E-state index contributed by atoms with van der Waals surface area (Å²) in [4.78, 5) is 11.8. The van der Waals surface area contributed by atoms with Crippen LogP contribution in [0.5, 0.6) is 0 Å². The Labute approximate surface area is 117 Å². The molecule has 0 bridgehead atoms. The van der Waals surface area contributed by atoms with Crippen molar-refractivity contribution in [3.63, 3.8) is 0 Å². The largest absolute Gasteiger partial charge is 0.393 e. The normalized spacial score (nSPS) is 12.2. The first kappa shape index (κ1) is 14.3. The van der Waals surface area contributed by atoms with E-state index in [1.165, 1.54) is 0 Å². The van der Waals surface area contributed by atoms with Crippen LogP contribution in [-0.2, 0) is 0 Å². The molecule has 2 rings (SSSR count). The first-order chi connectivity index (χ1) is 9.56. The zero-order chi connectivity index (χ0) is 14.5. The molecule has 1 atom stereocenters. The van der Waals surface area contributed by atoms with E-state index < -0.39 is 6.10 Å². The van der Waals surface area contributed by atoms with Gasteiger partial charge in [0.15, 0.2) is 0 Å². The van der Waals surface area contributed by atoms with Gasteiger partial charge >= 0.3 is 0 Å². The summed E-state index contributed by atoms with van der Waals surface area (Å²) >= 11 is 0. The molecule has 106 valence electrons. The lowest BCUT2D eigenvalue weighted by Gasteiger charge is -2.04. The number of hydrogen-bond donors (Lipinski definition) is 2. The van der Waals surface area contributed by atoms with Crippen LogP contribution in [0.4, 0.5) is 0 Å². The van der Waals surface area contributed by atoms with Gasteiger partial charge < -0.3 is 14.9 Å². The highest BCUT2D eigenvalue weighted by atomic mass is 16.5. The standard InChI is InChI=1S/C15H18N2O3/c1-10-3-5-12(6-4-10)13-9-14(20-17-13)15(19)16-8-7-11(2)18/h3-6,9,11,18H,7-8H2,1-2H3,(H,16,19). The fraction of sp³-hybridized carbons (Fsp3) is 0.333. The monoisotopic (exact) mass is 274 g/mol. The molecule has 0 aliphatic carbocycles. The minimum atomic E-state index is -0.437. The molecule has 0 saturated heterocycles. The highest BCUT2D eigenvalue weighted by Crippen LogP contribution is 2.19. The van der Waals surface area contributed by atoms with Gasteiger partial charge in [-0.05, 0) is 20.3 Å². The second-order valence-corrected chi connectivity index (χ2v) is 4.84. The van der Waals surface area contributed by atoms with Gasteiger partial charge in [0.25, 0.3) is 5.91 Å². The Morgan fingerprint density at radius 1 is 1.40 bits per heavy atom. The number of carbonyl (C=O) groups excluding carboxylic acids is 1. The SMILES string of the molecule is Cc1ccc(-c2cc(C(=O)NCCC(C)O)on2)cc1. The van der Waals surface area contributed by atoms with E-state index in [1.54, 1.807) is 13.0 Å². The van der Waals surface area contributed by atoms with Crippen LogP contribution >= 0.6 is 0 Å². The van der Waals surface area contributed by atoms with Crippen LogP contribution in [0.15, 0.2) is 34.9 Å². The van der Waals surface area contributed by atoms with Crippen LogP contribution in [0.3, 0.4) is 0 Å². The number of aliphatic hydroxyl groups is 1. The van der Waals surface area contributed by atoms with Crippen LogP contribution < -0.4 is 5.32 Å². The lowest BCUT2D eigenvalue weighted by atomic mass is 10.1. The predicted octanol–water partition coefficient (Wildman–Crippen LogP) is 2.15. The highest BCUT2D eigenvalue weighted by Gasteiger charge is 2.13. The van der Waals surface area contributed by atoms with Gasteiger partial charge in [-0.2, -0.15) is 0 Å². The third-order valence-electron chi connectivity index (χ3n) is 2.93. The molecule has 0 spiro atoms. The number of nitrogens with zero attached hydrogens (tertiary/aromatic N) is 1. The van der Waals surface area contributed by atoms with Gasteiger partial charge in [0, 0.05) is 18.2 Å². The molecule has 5 nitrogen and oxygen atoms in total. The van der Waals surface area contributed by atoms with E-state index in [9.17, 15) is 4.79 Å². The molecule has 1 unspecified atom stereocenters. The molecule has 20 heavy (non-hydrogen) atoms. The van der Waals surface area contributed by atoms with Crippen molar-refractivity contribution in [2.75, 3.05) is 6.54 Å². The predicted molar refractivity (Wildman–Crippen MR) is 75.3 cm³/mol. The van der Waals surface area contributed by atoms with E-state index in [2.05, 4.69) is 10.5 Å². The Hall–Kier alpha value is -2.14. The van der Waals surface area contributed by atoms with Crippen LogP contribution in [0.2, 0.25) is 0 Å². The number of amides is 1. The lowest BCUT2D eigenvalue weighted by Crippen LogP contribution is -2.26. The maximum atomic E-state index is 11.8. The molecule has 1 aromatic heterocycles. The van der Waals surface area contributed by atoms with Gasteiger partial charge in [-0.3, -0.25) is 4.79 Å². The third-order valence-corrected chi connectivity index (χ3v) is 2.93. The molecule has 2 N–H and O–H groups in total. The van der Waals surface area contributed by atoms with Crippen molar-refractivity contribution in [2.24, 2.45) is 0 Å². The Balaban J connectivity index is 2.01. The number of aryl methyl sites for hydroxylation is 1. The third kappa shape index (κ3) is 3.68. The molecule has 1 amide bonds. The summed E-state index contributed by atoms with van der Waals surface area (Å²) in [6, 6.07) is 9.44. The summed E-state index contributed by atoms with van der Waals surface area (Å²) in [6.45, 7) is 4.08. The number of rotatable bonds is 5. The zero-order valence-corrected chi connectivity index (χ0v) is 11.6. The molecular formula is C15H18N2O3. The fourth-order valence-electron chi connectivity index (χ4n) is 1.72. The molecular weight excluding hydrogens is 256 g/mol. The molecule has 0 radical (unpaired) electrons. The lowest BCUT2D eigenvalue weighted by molar-refractivity contribution is 0.0909. The minimum absolute atomic E-state index is 0.172. The number of aromatic nitrogens is 1. The van der Waals surface area contributed by atoms with Gasteiger partial charge in [0.05, 0.1) is 6.10 Å². The van der Waals surface area contributed by atoms with Crippen LogP contribution in [0, 0.1) is 6.92 Å². The maximum Gasteiger partial charge on any atom is 0.289 e. The average molecular weight is 274 g/mol. The summed E-state index contributed by atoms with van der Waals surface area (Å²) in [5.41, 5.74) is 2.70. The smallest absolute Gasteiger partial charge is 0.289 e. The average Bonchev–Trinajstić information content (AvgIpc) is 2.88. The van der Waals surface area contributed by atoms with Gasteiger partial charge in [-0.25, -0.2) is 0 Å². The fourth-order valence-corrected chi connectivity index (χ4v) is 1.72. The number of aliphatic hydroxyl groups excluding tert-OH is 1.